The molecule has 2 N–H and O–H groups in total. The van der Waals surface area contributed by atoms with Crippen LogP contribution in [0.5, 0.6) is 0 Å². The van der Waals surface area contributed by atoms with Crippen molar-refractivity contribution in [3.63, 3.8) is 0 Å². The summed E-state index contributed by atoms with van der Waals surface area (Å²) in [5.41, 5.74) is 1.46. The molecule has 4 rings (SSSR count). The van der Waals surface area contributed by atoms with Gasteiger partial charge in [0.2, 0.25) is 5.95 Å². The zero-order valence-electron chi connectivity index (χ0n) is 18.5. The van der Waals surface area contributed by atoms with Crippen LogP contribution in [0, 0.1) is 6.92 Å². The number of amides is 1. The van der Waals surface area contributed by atoms with Crippen LogP contribution >= 0.6 is 0 Å². The molecule has 1 fully saturated rings. The Bertz CT molecular complexity index is 1070. The van der Waals surface area contributed by atoms with Crippen molar-refractivity contribution in [2.45, 2.75) is 52.3 Å². The number of fused-ring (bicyclic) bond motifs is 1. The van der Waals surface area contributed by atoms with Crippen LogP contribution in [0.1, 0.15) is 60.8 Å². The Morgan fingerprint density at radius 2 is 2.00 bits per heavy atom. The highest BCUT2D eigenvalue weighted by atomic mass is 19.4. The average molecular weight is 448 g/mol. The predicted molar refractivity (Wildman–Crippen MR) is 119 cm³/mol. The lowest BCUT2D eigenvalue weighted by Gasteiger charge is -2.21. The summed E-state index contributed by atoms with van der Waals surface area (Å²) >= 11 is 0. The van der Waals surface area contributed by atoms with Gasteiger partial charge in [-0.05, 0) is 50.1 Å². The van der Waals surface area contributed by atoms with E-state index in [-0.39, 0.29) is 11.6 Å². The highest BCUT2D eigenvalue weighted by Gasteiger charge is 2.33. The van der Waals surface area contributed by atoms with E-state index in [0.29, 0.717) is 5.95 Å². The summed E-state index contributed by atoms with van der Waals surface area (Å²) in [6.07, 6.45) is -0.604. The minimum atomic E-state index is -4.62. The van der Waals surface area contributed by atoms with E-state index >= 15 is 0 Å². The Balaban J connectivity index is 0.00000141. The van der Waals surface area contributed by atoms with Gasteiger partial charge in [-0.3, -0.25) is 15.1 Å². The number of nitrogens with zero attached hydrogens (tertiary/aromatic N) is 3. The molecule has 3 heterocycles. The Hall–Kier alpha value is -2.94. The molecule has 3 aromatic rings. The molecule has 1 unspecified atom stereocenters. The number of para-hydroxylation sites is 1. The van der Waals surface area contributed by atoms with Gasteiger partial charge in [0, 0.05) is 24.3 Å². The van der Waals surface area contributed by atoms with Crippen molar-refractivity contribution in [2.75, 3.05) is 18.4 Å². The number of hydrogen-bond acceptors (Lipinski definition) is 4. The summed E-state index contributed by atoms with van der Waals surface area (Å²) in [6.45, 7) is 7.64. The van der Waals surface area contributed by atoms with E-state index in [1.54, 1.807) is 0 Å². The van der Waals surface area contributed by atoms with Crippen molar-refractivity contribution >= 4 is 22.9 Å². The minimum Gasteiger partial charge on any atom is -0.315 e. The zero-order valence-corrected chi connectivity index (χ0v) is 18.5. The molecule has 0 radical (unpaired) electrons. The molecule has 0 spiro atoms. The molecule has 1 aromatic carbocycles. The molecule has 1 saturated heterocycles. The molecule has 1 atom stereocenters. The number of pyridine rings is 1. The van der Waals surface area contributed by atoms with Gasteiger partial charge in [0.05, 0.1) is 11.0 Å². The predicted octanol–water partition coefficient (Wildman–Crippen LogP) is 5.35. The van der Waals surface area contributed by atoms with Crippen LogP contribution < -0.4 is 10.6 Å². The maximum absolute atomic E-state index is 13.0. The van der Waals surface area contributed by atoms with Crippen LogP contribution in [-0.4, -0.2) is 33.5 Å². The first-order valence-corrected chi connectivity index (χ1v) is 10.9. The first kappa shape index (κ1) is 23.7. The molecule has 172 valence electrons. The van der Waals surface area contributed by atoms with Crippen LogP contribution in [0.15, 0.2) is 36.5 Å². The molecule has 0 saturated carbocycles. The summed E-state index contributed by atoms with van der Waals surface area (Å²) in [7, 11) is 0. The summed E-state index contributed by atoms with van der Waals surface area (Å²) in [4.78, 5) is 20.7. The highest BCUT2D eigenvalue weighted by Crippen LogP contribution is 2.31. The number of hydrogen-bond donors (Lipinski definition) is 2. The summed E-state index contributed by atoms with van der Waals surface area (Å²) in [5, 5.41) is 6.14. The molecule has 0 aliphatic carbocycles. The summed E-state index contributed by atoms with van der Waals surface area (Å²) < 4.78 is 40.9. The molecule has 1 amide bonds. The van der Waals surface area contributed by atoms with Crippen molar-refractivity contribution < 1.29 is 18.0 Å². The minimum absolute atomic E-state index is 0.0806. The largest absolute Gasteiger partial charge is 0.433 e. The fourth-order valence-electron chi connectivity index (χ4n) is 3.89. The SMILES string of the molecule is CC.Cc1cccc2nc(NC(=O)c3ccnc(C(F)(F)F)c3)n(C3CCCCNC3)c12. The number of alkyl halides is 3. The Morgan fingerprint density at radius 1 is 1.22 bits per heavy atom. The number of aryl methyl sites for hydroxylation is 1. The summed E-state index contributed by atoms with van der Waals surface area (Å²) in [6, 6.07) is 7.83. The lowest BCUT2D eigenvalue weighted by atomic mass is 10.1. The third-order valence-corrected chi connectivity index (χ3v) is 5.34. The molecule has 9 heteroatoms. The molecule has 2 aromatic heterocycles. The van der Waals surface area contributed by atoms with Crippen LogP contribution in [0.2, 0.25) is 0 Å². The van der Waals surface area contributed by atoms with Crippen LogP contribution in [0.4, 0.5) is 19.1 Å². The number of rotatable bonds is 3. The van der Waals surface area contributed by atoms with Crippen molar-refractivity contribution in [1.29, 1.82) is 0 Å². The monoisotopic (exact) mass is 447 g/mol. The number of anilines is 1. The van der Waals surface area contributed by atoms with Crippen molar-refractivity contribution in [3.05, 3.63) is 53.3 Å². The quantitative estimate of drug-likeness (QED) is 0.568. The lowest BCUT2D eigenvalue weighted by Crippen LogP contribution is -2.26. The van der Waals surface area contributed by atoms with Gasteiger partial charge in [-0.1, -0.05) is 32.4 Å². The average Bonchev–Trinajstić information content (AvgIpc) is 2.95. The van der Waals surface area contributed by atoms with E-state index in [0.717, 1.165) is 61.2 Å². The van der Waals surface area contributed by atoms with Gasteiger partial charge in [-0.2, -0.15) is 13.2 Å². The van der Waals surface area contributed by atoms with E-state index in [2.05, 4.69) is 20.6 Å². The van der Waals surface area contributed by atoms with Crippen molar-refractivity contribution in [2.24, 2.45) is 0 Å². The fourth-order valence-corrected chi connectivity index (χ4v) is 3.89. The van der Waals surface area contributed by atoms with Crippen LogP contribution in [0.25, 0.3) is 11.0 Å². The summed E-state index contributed by atoms with van der Waals surface area (Å²) in [5.74, 6) is -0.318. The topological polar surface area (TPSA) is 71.8 Å². The number of carbonyl (C=O) groups is 1. The molecular formula is C23H28F3N5O. The van der Waals surface area contributed by atoms with Gasteiger partial charge in [0.1, 0.15) is 5.69 Å². The van der Waals surface area contributed by atoms with E-state index in [1.807, 2.05) is 43.5 Å². The van der Waals surface area contributed by atoms with Gasteiger partial charge in [0.25, 0.3) is 5.91 Å². The molecule has 1 aliphatic heterocycles. The highest BCUT2D eigenvalue weighted by molar-refractivity contribution is 6.04. The second-order valence-electron chi connectivity index (χ2n) is 7.48. The molecule has 0 bridgehead atoms. The van der Waals surface area contributed by atoms with Gasteiger partial charge < -0.3 is 9.88 Å². The first-order chi connectivity index (χ1) is 15.3. The Morgan fingerprint density at radius 3 is 2.75 bits per heavy atom. The second kappa shape index (κ2) is 10.1. The van der Waals surface area contributed by atoms with Gasteiger partial charge in [0.15, 0.2) is 0 Å². The Kier molecular flexibility index (Phi) is 7.50. The van der Waals surface area contributed by atoms with Crippen LogP contribution in [0.3, 0.4) is 0 Å². The molecule has 32 heavy (non-hydrogen) atoms. The van der Waals surface area contributed by atoms with E-state index in [4.69, 9.17) is 0 Å². The van der Waals surface area contributed by atoms with Gasteiger partial charge >= 0.3 is 6.18 Å². The maximum Gasteiger partial charge on any atom is 0.433 e. The molecular weight excluding hydrogens is 419 g/mol. The number of halogens is 3. The molecule has 6 nitrogen and oxygen atoms in total. The number of nitrogens with one attached hydrogen (secondary N) is 2. The maximum atomic E-state index is 13.0. The van der Waals surface area contributed by atoms with Crippen molar-refractivity contribution in [1.82, 2.24) is 19.9 Å². The third-order valence-electron chi connectivity index (χ3n) is 5.34. The lowest BCUT2D eigenvalue weighted by molar-refractivity contribution is -0.141. The van der Waals surface area contributed by atoms with E-state index < -0.39 is 17.8 Å². The second-order valence-corrected chi connectivity index (χ2v) is 7.48. The number of imidazole rings is 1. The number of aromatic nitrogens is 3. The van der Waals surface area contributed by atoms with Crippen LogP contribution in [-0.2, 0) is 6.18 Å². The number of benzene rings is 1. The normalized spacial score (nSPS) is 16.8. The smallest absolute Gasteiger partial charge is 0.315 e. The Labute approximate surface area is 185 Å². The van der Waals surface area contributed by atoms with Gasteiger partial charge in [-0.15, -0.1) is 0 Å². The van der Waals surface area contributed by atoms with Gasteiger partial charge in [-0.25, -0.2) is 4.98 Å². The standard InChI is InChI=1S/C21H22F3N5O.C2H6/c1-13-5-4-7-16-18(13)29(15-6-2-3-9-25-12-15)20(27-16)28-19(30)14-8-10-26-17(11-14)21(22,23)24;1-2/h4-5,7-8,10-11,15,25H,2-3,6,9,12H2,1H3,(H,27,28,30);1-2H3. The zero-order chi connectivity index (χ0) is 23.3. The van der Waals surface area contributed by atoms with E-state index in [9.17, 15) is 18.0 Å². The van der Waals surface area contributed by atoms with Crippen molar-refractivity contribution in [3.8, 4) is 0 Å². The van der Waals surface area contributed by atoms with E-state index in [1.165, 1.54) is 6.07 Å². The molecule has 1 aliphatic rings. The third kappa shape index (κ3) is 5.09. The first-order valence-electron chi connectivity index (χ1n) is 10.9. The fraction of sp³-hybridized carbons (Fsp3) is 0.435. The number of carbonyl (C=O) groups excluding carboxylic acids is 1.